The lowest BCUT2D eigenvalue weighted by Crippen LogP contribution is -2.37. The van der Waals surface area contributed by atoms with E-state index in [2.05, 4.69) is 11.0 Å². The molecule has 2 aliphatic rings. The molecule has 0 N–H and O–H groups in total. The quantitative estimate of drug-likeness (QED) is 0.761. The van der Waals surface area contributed by atoms with Gasteiger partial charge in [-0.3, -0.25) is 0 Å². The van der Waals surface area contributed by atoms with Crippen molar-refractivity contribution in [3.05, 3.63) is 33.8 Å². The van der Waals surface area contributed by atoms with Crippen LogP contribution in [0, 0.1) is 0 Å². The molecule has 0 radical (unpaired) electrons. The van der Waals surface area contributed by atoms with Crippen LogP contribution in [0.15, 0.2) is 18.2 Å². The van der Waals surface area contributed by atoms with Crippen molar-refractivity contribution in [2.75, 3.05) is 32.8 Å². The lowest BCUT2D eigenvalue weighted by molar-refractivity contribution is -0.164. The minimum Gasteiger partial charge on any atom is -0.353 e. The van der Waals surface area contributed by atoms with E-state index in [4.69, 9.17) is 32.7 Å². The first-order valence-corrected chi connectivity index (χ1v) is 9.38. The van der Waals surface area contributed by atoms with E-state index in [1.54, 1.807) is 0 Å². The van der Waals surface area contributed by atoms with Gasteiger partial charge in [0.05, 0.1) is 16.7 Å². The summed E-state index contributed by atoms with van der Waals surface area (Å²) in [6, 6.07) is 6.03. The van der Waals surface area contributed by atoms with Crippen molar-refractivity contribution in [1.82, 2.24) is 4.90 Å². The Morgan fingerprint density at radius 1 is 1.13 bits per heavy atom. The highest BCUT2D eigenvalue weighted by Crippen LogP contribution is 2.31. The van der Waals surface area contributed by atoms with Gasteiger partial charge < -0.3 is 14.4 Å². The average molecular weight is 358 g/mol. The van der Waals surface area contributed by atoms with E-state index < -0.39 is 0 Å². The maximum absolute atomic E-state index is 6.16. The van der Waals surface area contributed by atoms with Crippen LogP contribution in [0.3, 0.4) is 0 Å². The summed E-state index contributed by atoms with van der Waals surface area (Å²) in [5, 5.41) is 1.28. The number of nitrogens with zero attached hydrogens (tertiary/aromatic N) is 1. The van der Waals surface area contributed by atoms with Crippen molar-refractivity contribution >= 4 is 23.2 Å². The van der Waals surface area contributed by atoms with E-state index in [0.29, 0.717) is 16.0 Å². The molecular formula is C18H25Cl2NO2. The molecule has 0 amide bonds. The maximum Gasteiger partial charge on any atom is 0.157 e. The maximum atomic E-state index is 6.16. The van der Waals surface area contributed by atoms with Crippen LogP contribution in [0.5, 0.6) is 0 Å². The minimum absolute atomic E-state index is 0.0133. The predicted molar refractivity (Wildman–Crippen MR) is 94.4 cm³/mol. The van der Waals surface area contributed by atoms with Crippen molar-refractivity contribution in [2.45, 2.75) is 44.3 Å². The summed E-state index contributed by atoms with van der Waals surface area (Å²) in [5.41, 5.74) is 1.29. The van der Waals surface area contributed by atoms with Gasteiger partial charge in [0, 0.05) is 19.7 Å². The third-order valence-electron chi connectivity index (χ3n) is 4.77. The fourth-order valence-corrected chi connectivity index (χ4v) is 3.76. The summed E-state index contributed by atoms with van der Waals surface area (Å²) >= 11 is 12.2. The van der Waals surface area contributed by atoms with Gasteiger partial charge in [0.15, 0.2) is 6.29 Å². The molecule has 0 bridgehead atoms. The molecule has 0 saturated carbocycles. The third kappa shape index (κ3) is 5.07. The van der Waals surface area contributed by atoms with Crippen molar-refractivity contribution in [1.29, 1.82) is 0 Å². The van der Waals surface area contributed by atoms with Crippen molar-refractivity contribution in [3.8, 4) is 0 Å². The Balaban J connectivity index is 1.46. The standard InChI is InChI=1S/C18H25Cl2NO2/c19-16-7-6-14(12-17(16)20)15-4-3-8-21(13-15)9-11-23-18-5-1-2-10-22-18/h6-7,12,15,18H,1-5,8-11,13H2. The molecule has 23 heavy (non-hydrogen) atoms. The predicted octanol–water partition coefficient (Wildman–Crippen LogP) is 4.72. The highest BCUT2D eigenvalue weighted by Gasteiger charge is 2.22. The first kappa shape index (κ1) is 17.5. The van der Waals surface area contributed by atoms with Gasteiger partial charge in [0.25, 0.3) is 0 Å². The van der Waals surface area contributed by atoms with E-state index in [-0.39, 0.29) is 6.29 Å². The van der Waals surface area contributed by atoms with Crippen LogP contribution >= 0.6 is 23.2 Å². The van der Waals surface area contributed by atoms with Gasteiger partial charge in [-0.15, -0.1) is 0 Å². The third-order valence-corrected chi connectivity index (χ3v) is 5.51. The molecule has 2 atom stereocenters. The first-order chi connectivity index (χ1) is 11.2. The number of ether oxygens (including phenoxy) is 2. The van der Waals surface area contributed by atoms with Gasteiger partial charge >= 0.3 is 0 Å². The molecule has 2 unspecified atom stereocenters. The summed E-state index contributed by atoms with van der Waals surface area (Å²) in [6.45, 7) is 4.77. The smallest absolute Gasteiger partial charge is 0.157 e. The zero-order valence-corrected chi connectivity index (χ0v) is 15.0. The summed E-state index contributed by atoms with van der Waals surface area (Å²) < 4.78 is 11.5. The van der Waals surface area contributed by atoms with Crippen LogP contribution < -0.4 is 0 Å². The molecule has 0 spiro atoms. The molecule has 2 aliphatic heterocycles. The van der Waals surface area contributed by atoms with Crippen LogP contribution in [-0.2, 0) is 9.47 Å². The Morgan fingerprint density at radius 3 is 2.83 bits per heavy atom. The van der Waals surface area contributed by atoms with E-state index in [9.17, 15) is 0 Å². The van der Waals surface area contributed by atoms with Gasteiger partial charge in [-0.2, -0.15) is 0 Å². The van der Waals surface area contributed by atoms with Crippen molar-refractivity contribution in [2.24, 2.45) is 0 Å². The number of hydrogen-bond acceptors (Lipinski definition) is 3. The fraction of sp³-hybridized carbons (Fsp3) is 0.667. The van der Waals surface area contributed by atoms with Crippen LogP contribution in [0.2, 0.25) is 10.0 Å². The number of benzene rings is 1. The molecule has 5 heteroatoms. The Kier molecular flexibility index (Phi) is 6.61. The Morgan fingerprint density at radius 2 is 2.04 bits per heavy atom. The lowest BCUT2D eigenvalue weighted by Gasteiger charge is -2.33. The number of piperidine rings is 1. The molecule has 3 nitrogen and oxygen atoms in total. The fourth-order valence-electron chi connectivity index (χ4n) is 3.45. The SMILES string of the molecule is Clc1ccc(C2CCCN(CCOC3CCCCO3)C2)cc1Cl. The lowest BCUT2D eigenvalue weighted by atomic mass is 9.91. The van der Waals surface area contributed by atoms with E-state index in [1.165, 1.54) is 24.8 Å². The van der Waals surface area contributed by atoms with Gasteiger partial charge in [0.2, 0.25) is 0 Å². The van der Waals surface area contributed by atoms with Crippen LogP contribution in [0.1, 0.15) is 43.6 Å². The highest BCUT2D eigenvalue weighted by atomic mass is 35.5. The number of hydrogen-bond donors (Lipinski definition) is 0. The van der Waals surface area contributed by atoms with Gasteiger partial charge in [0.1, 0.15) is 0 Å². The van der Waals surface area contributed by atoms with Crippen LogP contribution in [-0.4, -0.2) is 44.0 Å². The monoisotopic (exact) mass is 357 g/mol. The molecule has 128 valence electrons. The van der Waals surface area contributed by atoms with E-state index in [0.717, 1.165) is 45.7 Å². The zero-order chi connectivity index (χ0) is 16.1. The summed E-state index contributed by atoms with van der Waals surface area (Å²) in [4.78, 5) is 2.49. The van der Waals surface area contributed by atoms with Crippen LogP contribution in [0.25, 0.3) is 0 Å². The second-order valence-electron chi connectivity index (χ2n) is 6.48. The molecule has 3 rings (SSSR count). The number of likely N-dealkylation sites (tertiary alicyclic amines) is 1. The van der Waals surface area contributed by atoms with Gasteiger partial charge in [-0.1, -0.05) is 29.3 Å². The number of rotatable bonds is 5. The summed E-state index contributed by atoms with van der Waals surface area (Å²) in [5.74, 6) is 0.532. The average Bonchev–Trinajstić information content (AvgIpc) is 2.59. The minimum atomic E-state index is 0.0133. The molecule has 2 saturated heterocycles. The summed E-state index contributed by atoms with van der Waals surface area (Å²) in [6.07, 6.45) is 5.85. The second kappa shape index (κ2) is 8.68. The summed E-state index contributed by atoms with van der Waals surface area (Å²) in [7, 11) is 0. The Labute approximate surface area is 148 Å². The highest BCUT2D eigenvalue weighted by molar-refractivity contribution is 6.42. The van der Waals surface area contributed by atoms with E-state index in [1.807, 2.05) is 12.1 Å². The van der Waals surface area contributed by atoms with E-state index >= 15 is 0 Å². The molecule has 0 aliphatic carbocycles. The topological polar surface area (TPSA) is 21.7 Å². The van der Waals surface area contributed by atoms with Gasteiger partial charge in [-0.05, 0) is 62.3 Å². The molecule has 2 fully saturated rings. The molecule has 1 aromatic carbocycles. The first-order valence-electron chi connectivity index (χ1n) is 8.63. The zero-order valence-electron chi connectivity index (χ0n) is 13.5. The normalized spacial score (nSPS) is 26.3. The van der Waals surface area contributed by atoms with Crippen LogP contribution in [0.4, 0.5) is 0 Å². The largest absolute Gasteiger partial charge is 0.353 e. The van der Waals surface area contributed by atoms with Gasteiger partial charge in [-0.25, -0.2) is 0 Å². The molecular weight excluding hydrogens is 333 g/mol. The molecule has 1 aromatic rings. The van der Waals surface area contributed by atoms with Crippen molar-refractivity contribution < 1.29 is 9.47 Å². The Bertz CT molecular complexity index is 506. The molecule has 2 heterocycles. The second-order valence-corrected chi connectivity index (χ2v) is 7.29. The Hall–Kier alpha value is -0.320. The molecule has 0 aromatic heterocycles. The van der Waals surface area contributed by atoms with Crippen molar-refractivity contribution in [3.63, 3.8) is 0 Å². The number of halogens is 2.